The Bertz CT molecular complexity index is 1120. The van der Waals surface area contributed by atoms with Crippen LogP contribution in [0.15, 0.2) is 66.7 Å². The second-order valence-corrected chi connectivity index (χ2v) is 9.20. The number of thiophene rings is 1. The molecule has 0 aliphatic carbocycles. The first-order valence-electron chi connectivity index (χ1n) is 9.12. The molecule has 2 aromatic carbocycles. The Labute approximate surface area is 187 Å². The summed E-state index contributed by atoms with van der Waals surface area (Å²) in [5, 5.41) is 2.84. The Morgan fingerprint density at radius 2 is 1.63 bits per heavy atom. The highest BCUT2D eigenvalue weighted by atomic mass is 35.5. The van der Waals surface area contributed by atoms with Crippen molar-refractivity contribution >= 4 is 52.3 Å². The van der Waals surface area contributed by atoms with Crippen molar-refractivity contribution in [1.29, 1.82) is 0 Å². The first-order valence-corrected chi connectivity index (χ1v) is 10.7. The summed E-state index contributed by atoms with van der Waals surface area (Å²) in [5.74, 6) is -0.927. The van der Waals surface area contributed by atoms with E-state index in [1.54, 1.807) is 12.1 Å². The van der Waals surface area contributed by atoms with Crippen LogP contribution in [0, 0.1) is 0 Å². The molecule has 3 amide bonds. The van der Waals surface area contributed by atoms with Crippen molar-refractivity contribution in [3.05, 3.63) is 92.1 Å². The number of carbonyl (C=O) groups excluding carboxylic acids is 3. The molecule has 1 fully saturated rings. The van der Waals surface area contributed by atoms with Gasteiger partial charge in [-0.15, -0.1) is 11.3 Å². The zero-order valence-electron chi connectivity index (χ0n) is 15.6. The van der Waals surface area contributed by atoms with Gasteiger partial charge >= 0.3 is 6.03 Å². The van der Waals surface area contributed by atoms with Crippen molar-refractivity contribution in [3.8, 4) is 0 Å². The van der Waals surface area contributed by atoms with Crippen LogP contribution in [0.2, 0.25) is 8.67 Å². The molecule has 3 aromatic rings. The van der Waals surface area contributed by atoms with E-state index in [0.29, 0.717) is 9.90 Å². The van der Waals surface area contributed by atoms with Crippen LogP contribution in [-0.4, -0.2) is 29.2 Å². The van der Waals surface area contributed by atoms with E-state index in [4.69, 9.17) is 23.2 Å². The number of carbonyl (C=O) groups is 3. The molecule has 1 aromatic heterocycles. The predicted octanol–water partition coefficient (Wildman–Crippen LogP) is 4.93. The number of benzene rings is 2. The highest BCUT2D eigenvalue weighted by molar-refractivity contribution is 7.20. The van der Waals surface area contributed by atoms with E-state index in [-0.39, 0.29) is 16.3 Å². The molecule has 1 atom stereocenters. The van der Waals surface area contributed by atoms with Gasteiger partial charge in [0.1, 0.15) is 4.34 Å². The van der Waals surface area contributed by atoms with E-state index in [9.17, 15) is 14.4 Å². The predicted molar refractivity (Wildman–Crippen MR) is 117 cm³/mol. The number of amides is 3. The third kappa shape index (κ3) is 3.74. The fourth-order valence-electron chi connectivity index (χ4n) is 3.57. The number of Topliss-reactive ketones (excluding diaryl/α,β-unsaturated/α-hetero) is 1. The summed E-state index contributed by atoms with van der Waals surface area (Å²) in [7, 11) is 0. The lowest BCUT2D eigenvalue weighted by atomic mass is 9.83. The fourth-order valence-corrected chi connectivity index (χ4v) is 5.07. The monoisotopic (exact) mass is 458 g/mol. The van der Waals surface area contributed by atoms with Crippen molar-refractivity contribution in [1.82, 2.24) is 10.2 Å². The molecule has 0 radical (unpaired) electrons. The molecule has 0 bridgehead atoms. The Morgan fingerprint density at radius 3 is 2.23 bits per heavy atom. The minimum Gasteiger partial charge on any atom is -0.319 e. The first kappa shape index (κ1) is 20.6. The molecule has 152 valence electrons. The van der Waals surface area contributed by atoms with E-state index >= 15 is 0 Å². The molecule has 8 heteroatoms. The van der Waals surface area contributed by atoms with Crippen molar-refractivity contribution in [2.45, 2.75) is 12.0 Å². The maximum absolute atomic E-state index is 13.5. The molecule has 4 rings (SSSR count). The van der Waals surface area contributed by atoms with Crippen molar-refractivity contribution in [3.63, 3.8) is 0 Å². The van der Waals surface area contributed by atoms with E-state index < -0.39 is 29.8 Å². The number of nitrogens with zero attached hydrogens (tertiary/aromatic N) is 1. The fraction of sp³-hybridized carbons (Fsp3) is 0.136. The number of halogens is 2. The Balaban J connectivity index is 1.68. The Morgan fingerprint density at radius 1 is 1.00 bits per heavy atom. The SMILES string of the molecule is O=C(CN1C(=O)NC(Cc2ccccc2)(c2ccccc2)C1=O)c1cc(Cl)sc1Cl. The third-order valence-electron chi connectivity index (χ3n) is 5.01. The topological polar surface area (TPSA) is 66.5 Å². The van der Waals surface area contributed by atoms with Crippen LogP contribution in [0.3, 0.4) is 0 Å². The van der Waals surface area contributed by atoms with Gasteiger partial charge in [0.15, 0.2) is 11.3 Å². The van der Waals surface area contributed by atoms with Gasteiger partial charge in [-0.3, -0.25) is 14.5 Å². The van der Waals surface area contributed by atoms with Crippen LogP contribution < -0.4 is 5.32 Å². The van der Waals surface area contributed by atoms with Crippen LogP contribution in [0.1, 0.15) is 21.5 Å². The highest BCUT2D eigenvalue weighted by Crippen LogP contribution is 2.35. The lowest BCUT2D eigenvalue weighted by Crippen LogP contribution is -2.46. The molecule has 1 unspecified atom stereocenters. The Kier molecular flexibility index (Phi) is 5.64. The average Bonchev–Trinajstić information content (AvgIpc) is 3.20. The normalized spacial score (nSPS) is 18.5. The number of hydrogen-bond donors (Lipinski definition) is 1. The maximum atomic E-state index is 13.5. The van der Waals surface area contributed by atoms with Gasteiger partial charge in [-0.05, 0) is 17.2 Å². The lowest BCUT2D eigenvalue weighted by Gasteiger charge is -2.27. The van der Waals surface area contributed by atoms with Gasteiger partial charge in [0.25, 0.3) is 5.91 Å². The van der Waals surface area contributed by atoms with Gasteiger partial charge in [0.05, 0.1) is 16.4 Å². The zero-order chi connectivity index (χ0) is 21.3. The summed E-state index contributed by atoms with van der Waals surface area (Å²) in [6.45, 7) is -0.416. The number of ketones is 1. The van der Waals surface area contributed by atoms with Crippen LogP contribution in [-0.2, 0) is 16.8 Å². The smallest absolute Gasteiger partial charge is 0.319 e. The molecule has 1 aliphatic rings. The quantitative estimate of drug-likeness (QED) is 0.420. The van der Waals surface area contributed by atoms with E-state index in [1.807, 2.05) is 48.5 Å². The summed E-state index contributed by atoms with van der Waals surface area (Å²) >= 11 is 13.0. The lowest BCUT2D eigenvalue weighted by molar-refractivity contribution is -0.131. The maximum Gasteiger partial charge on any atom is 0.325 e. The molecule has 5 nitrogen and oxygen atoms in total. The minimum atomic E-state index is -1.30. The van der Waals surface area contributed by atoms with Gasteiger partial charge in [-0.1, -0.05) is 83.9 Å². The van der Waals surface area contributed by atoms with Crippen molar-refractivity contribution < 1.29 is 14.4 Å². The number of hydrogen-bond acceptors (Lipinski definition) is 4. The van der Waals surface area contributed by atoms with Crippen LogP contribution in [0.5, 0.6) is 0 Å². The number of nitrogens with one attached hydrogen (secondary N) is 1. The molecule has 1 N–H and O–H groups in total. The largest absolute Gasteiger partial charge is 0.325 e. The number of urea groups is 1. The minimum absolute atomic E-state index is 0.201. The molecular formula is C22H16Cl2N2O3S. The molecular weight excluding hydrogens is 443 g/mol. The Hall–Kier alpha value is -2.67. The summed E-state index contributed by atoms with van der Waals surface area (Å²) in [5.41, 5.74) is 0.443. The third-order valence-corrected chi connectivity index (χ3v) is 6.50. The van der Waals surface area contributed by atoms with Gasteiger partial charge in [-0.2, -0.15) is 0 Å². The highest BCUT2D eigenvalue weighted by Gasteiger charge is 2.52. The standard InChI is InChI=1S/C22H16Cl2N2O3S/c23-18-11-16(19(24)30-18)17(27)13-26-20(28)22(25-21(26)29,15-9-5-2-6-10-15)12-14-7-3-1-4-8-14/h1-11H,12-13H2,(H,25,29). The van der Waals surface area contributed by atoms with Gasteiger partial charge in [0, 0.05) is 6.42 Å². The summed E-state index contributed by atoms with van der Waals surface area (Å²) in [6, 6.07) is 19.3. The molecule has 0 spiro atoms. The van der Waals surface area contributed by atoms with Gasteiger partial charge < -0.3 is 5.32 Å². The number of rotatable bonds is 6. The van der Waals surface area contributed by atoms with Crippen LogP contribution >= 0.6 is 34.5 Å². The van der Waals surface area contributed by atoms with Crippen molar-refractivity contribution in [2.24, 2.45) is 0 Å². The van der Waals surface area contributed by atoms with E-state index in [2.05, 4.69) is 5.32 Å². The van der Waals surface area contributed by atoms with E-state index in [1.165, 1.54) is 6.07 Å². The second kappa shape index (κ2) is 8.22. The van der Waals surface area contributed by atoms with Gasteiger partial charge in [-0.25, -0.2) is 4.79 Å². The summed E-state index contributed by atoms with van der Waals surface area (Å²) < 4.78 is 0.596. The van der Waals surface area contributed by atoms with E-state index in [0.717, 1.165) is 21.8 Å². The zero-order valence-corrected chi connectivity index (χ0v) is 17.9. The van der Waals surface area contributed by atoms with Crippen LogP contribution in [0.25, 0.3) is 0 Å². The average molecular weight is 459 g/mol. The van der Waals surface area contributed by atoms with Crippen LogP contribution in [0.4, 0.5) is 4.79 Å². The molecule has 2 heterocycles. The van der Waals surface area contributed by atoms with Gasteiger partial charge in [0.2, 0.25) is 0 Å². The molecule has 1 aliphatic heterocycles. The molecule has 1 saturated heterocycles. The molecule has 0 saturated carbocycles. The van der Waals surface area contributed by atoms with Crippen molar-refractivity contribution in [2.75, 3.05) is 6.54 Å². The summed E-state index contributed by atoms with van der Waals surface area (Å²) in [6.07, 6.45) is 0.262. The number of imide groups is 1. The summed E-state index contributed by atoms with van der Waals surface area (Å²) in [4.78, 5) is 40.0. The second-order valence-electron chi connectivity index (χ2n) is 6.92. The first-order chi connectivity index (χ1) is 14.4. The molecule has 30 heavy (non-hydrogen) atoms.